The second-order valence-electron chi connectivity index (χ2n) is 4.85. The van der Waals surface area contributed by atoms with E-state index in [1.54, 1.807) is 12.1 Å². The van der Waals surface area contributed by atoms with Crippen molar-refractivity contribution in [3.63, 3.8) is 0 Å². The molecule has 0 radical (unpaired) electrons. The van der Waals surface area contributed by atoms with Crippen molar-refractivity contribution in [2.75, 3.05) is 18.5 Å². The molecular weight excluding hydrogens is 217 g/mol. The van der Waals surface area contributed by atoms with Gasteiger partial charge in [-0.1, -0.05) is 20.3 Å². The van der Waals surface area contributed by atoms with Gasteiger partial charge in [0.25, 0.3) is 0 Å². The number of halogens is 1. The zero-order valence-electron chi connectivity index (χ0n) is 10.7. The highest BCUT2D eigenvalue weighted by molar-refractivity contribution is 5.61. The summed E-state index contributed by atoms with van der Waals surface area (Å²) in [7, 11) is 1.92. The van der Waals surface area contributed by atoms with Crippen molar-refractivity contribution >= 4 is 12.0 Å². The Hall–Kier alpha value is -1.38. The third-order valence-corrected chi connectivity index (χ3v) is 2.97. The summed E-state index contributed by atoms with van der Waals surface area (Å²) in [6.07, 6.45) is 2.87. The first-order valence-corrected chi connectivity index (χ1v) is 5.94. The summed E-state index contributed by atoms with van der Waals surface area (Å²) < 4.78 is 12.8. The molecule has 0 amide bonds. The molecule has 0 N–H and O–H groups in total. The predicted octanol–water partition coefficient (Wildman–Crippen LogP) is 3.27. The zero-order chi connectivity index (χ0) is 12.9. The van der Waals surface area contributed by atoms with E-state index in [1.807, 2.05) is 18.9 Å². The van der Waals surface area contributed by atoms with Crippen molar-refractivity contribution in [3.05, 3.63) is 30.1 Å². The number of nitrogens with zero attached hydrogens (tertiary/aromatic N) is 1. The standard InChI is InChI=1S/C14H20FNO/c1-4-9-14(2,11-17)10-16(3)13-7-5-12(15)6-8-13/h5-8,11H,4,9-10H2,1-3H3. The van der Waals surface area contributed by atoms with Gasteiger partial charge in [-0.15, -0.1) is 0 Å². The first-order chi connectivity index (χ1) is 8.00. The number of rotatable bonds is 6. The van der Waals surface area contributed by atoms with E-state index in [1.165, 1.54) is 12.1 Å². The van der Waals surface area contributed by atoms with Gasteiger partial charge in [0, 0.05) is 24.7 Å². The molecule has 0 fully saturated rings. The van der Waals surface area contributed by atoms with Crippen molar-refractivity contribution in [2.24, 2.45) is 5.41 Å². The molecule has 0 aromatic heterocycles. The maximum Gasteiger partial charge on any atom is 0.127 e. The molecule has 0 saturated carbocycles. The van der Waals surface area contributed by atoms with Gasteiger partial charge < -0.3 is 9.69 Å². The molecule has 1 atom stereocenters. The molecule has 0 saturated heterocycles. The van der Waals surface area contributed by atoms with Gasteiger partial charge in [0.1, 0.15) is 12.1 Å². The van der Waals surface area contributed by atoms with Crippen molar-refractivity contribution in [1.82, 2.24) is 0 Å². The van der Waals surface area contributed by atoms with Crippen LogP contribution >= 0.6 is 0 Å². The lowest BCUT2D eigenvalue weighted by molar-refractivity contribution is -0.115. The number of carbonyl (C=O) groups is 1. The summed E-state index contributed by atoms with van der Waals surface area (Å²) >= 11 is 0. The number of hydrogen-bond donors (Lipinski definition) is 0. The number of carbonyl (C=O) groups excluding carboxylic acids is 1. The fraction of sp³-hybridized carbons (Fsp3) is 0.500. The summed E-state index contributed by atoms with van der Waals surface area (Å²) in [5, 5.41) is 0. The van der Waals surface area contributed by atoms with E-state index in [4.69, 9.17) is 0 Å². The monoisotopic (exact) mass is 237 g/mol. The van der Waals surface area contributed by atoms with Crippen LogP contribution in [-0.4, -0.2) is 19.9 Å². The highest BCUT2D eigenvalue weighted by Crippen LogP contribution is 2.24. The van der Waals surface area contributed by atoms with Crippen molar-refractivity contribution < 1.29 is 9.18 Å². The molecule has 0 aliphatic carbocycles. The number of aldehydes is 1. The van der Waals surface area contributed by atoms with Crippen LogP contribution in [0.2, 0.25) is 0 Å². The summed E-state index contributed by atoms with van der Waals surface area (Å²) in [4.78, 5) is 13.1. The van der Waals surface area contributed by atoms with Crippen LogP contribution < -0.4 is 4.90 Å². The third kappa shape index (κ3) is 3.84. The third-order valence-electron chi connectivity index (χ3n) is 2.97. The molecule has 0 spiro atoms. The lowest BCUT2D eigenvalue weighted by Gasteiger charge is -2.30. The van der Waals surface area contributed by atoms with Gasteiger partial charge in [0.2, 0.25) is 0 Å². The zero-order valence-corrected chi connectivity index (χ0v) is 10.7. The highest BCUT2D eigenvalue weighted by atomic mass is 19.1. The summed E-state index contributed by atoms with van der Waals surface area (Å²) in [6, 6.07) is 6.33. The SMILES string of the molecule is CCCC(C)(C=O)CN(C)c1ccc(F)cc1. The van der Waals surface area contributed by atoms with Gasteiger partial charge in [-0.05, 0) is 30.7 Å². The second kappa shape index (κ2) is 5.80. The smallest absolute Gasteiger partial charge is 0.127 e. The molecule has 0 aliphatic heterocycles. The average Bonchev–Trinajstić information content (AvgIpc) is 2.30. The fourth-order valence-corrected chi connectivity index (χ4v) is 2.08. The van der Waals surface area contributed by atoms with Crippen LogP contribution in [-0.2, 0) is 4.79 Å². The van der Waals surface area contributed by atoms with Gasteiger partial charge >= 0.3 is 0 Å². The van der Waals surface area contributed by atoms with E-state index in [0.717, 1.165) is 24.8 Å². The first-order valence-electron chi connectivity index (χ1n) is 5.94. The minimum Gasteiger partial charge on any atom is -0.374 e. The van der Waals surface area contributed by atoms with E-state index in [-0.39, 0.29) is 11.2 Å². The molecule has 1 aromatic rings. The molecular formula is C14H20FNO. The Morgan fingerprint density at radius 3 is 2.41 bits per heavy atom. The normalized spacial score (nSPS) is 14.1. The van der Waals surface area contributed by atoms with Crippen LogP contribution in [0.4, 0.5) is 10.1 Å². The minimum atomic E-state index is -0.335. The van der Waals surface area contributed by atoms with E-state index in [9.17, 15) is 9.18 Å². The van der Waals surface area contributed by atoms with Gasteiger partial charge in [0.15, 0.2) is 0 Å². The lowest BCUT2D eigenvalue weighted by Crippen LogP contribution is -2.34. The van der Waals surface area contributed by atoms with E-state index in [0.29, 0.717) is 6.54 Å². The maximum absolute atomic E-state index is 12.8. The molecule has 3 heteroatoms. The molecule has 1 unspecified atom stereocenters. The van der Waals surface area contributed by atoms with Crippen molar-refractivity contribution in [3.8, 4) is 0 Å². The summed E-state index contributed by atoms with van der Waals surface area (Å²) in [5.41, 5.74) is 0.591. The molecule has 0 aliphatic rings. The topological polar surface area (TPSA) is 20.3 Å². The van der Waals surface area contributed by atoms with Gasteiger partial charge in [0.05, 0.1) is 0 Å². The average molecular weight is 237 g/mol. The Labute approximate surface area is 102 Å². The van der Waals surface area contributed by atoms with E-state index < -0.39 is 0 Å². The molecule has 0 bridgehead atoms. The van der Waals surface area contributed by atoms with Crippen molar-refractivity contribution in [1.29, 1.82) is 0 Å². The van der Waals surface area contributed by atoms with Crippen LogP contribution in [0.1, 0.15) is 26.7 Å². The Morgan fingerprint density at radius 1 is 1.35 bits per heavy atom. The molecule has 2 nitrogen and oxygen atoms in total. The second-order valence-corrected chi connectivity index (χ2v) is 4.85. The van der Waals surface area contributed by atoms with Gasteiger partial charge in [-0.2, -0.15) is 0 Å². The quantitative estimate of drug-likeness (QED) is 0.708. The highest BCUT2D eigenvalue weighted by Gasteiger charge is 2.24. The predicted molar refractivity (Wildman–Crippen MR) is 68.7 cm³/mol. The van der Waals surface area contributed by atoms with Crippen LogP contribution in [0.5, 0.6) is 0 Å². The van der Waals surface area contributed by atoms with Crippen LogP contribution in [0.15, 0.2) is 24.3 Å². The molecule has 1 aromatic carbocycles. The minimum absolute atomic E-state index is 0.242. The Bertz CT molecular complexity index is 363. The van der Waals surface area contributed by atoms with Crippen LogP contribution in [0, 0.1) is 11.2 Å². The number of benzene rings is 1. The Morgan fingerprint density at radius 2 is 1.94 bits per heavy atom. The van der Waals surface area contributed by atoms with Crippen LogP contribution in [0.3, 0.4) is 0 Å². The first kappa shape index (κ1) is 13.7. The van der Waals surface area contributed by atoms with E-state index in [2.05, 4.69) is 6.92 Å². The van der Waals surface area contributed by atoms with Crippen molar-refractivity contribution in [2.45, 2.75) is 26.7 Å². The van der Waals surface area contributed by atoms with Crippen LogP contribution in [0.25, 0.3) is 0 Å². The largest absolute Gasteiger partial charge is 0.374 e. The number of anilines is 1. The molecule has 1 rings (SSSR count). The Balaban J connectivity index is 2.73. The molecule has 17 heavy (non-hydrogen) atoms. The number of hydrogen-bond acceptors (Lipinski definition) is 2. The fourth-order valence-electron chi connectivity index (χ4n) is 2.08. The molecule has 0 heterocycles. The molecule has 94 valence electrons. The maximum atomic E-state index is 12.8. The summed E-state index contributed by atoms with van der Waals surface area (Å²) in [6.45, 7) is 4.68. The van der Waals surface area contributed by atoms with Gasteiger partial charge in [-0.3, -0.25) is 0 Å². The van der Waals surface area contributed by atoms with E-state index >= 15 is 0 Å². The Kier molecular flexibility index (Phi) is 4.67. The lowest BCUT2D eigenvalue weighted by atomic mass is 9.87. The summed E-state index contributed by atoms with van der Waals surface area (Å²) in [5.74, 6) is -0.242. The van der Waals surface area contributed by atoms with Gasteiger partial charge in [-0.25, -0.2) is 4.39 Å².